The molecular weight excluding hydrogens is 465 g/mol. The van der Waals surface area contributed by atoms with Crippen LogP contribution >= 0.6 is 35.0 Å². The average molecular weight is 484 g/mol. The van der Waals surface area contributed by atoms with Crippen LogP contribution < -0.4 is 5.32 Å². The summed E-state index contributed by atoms with van der Waals surface area (Å²) in [6.45, 7) is 0.573. The molecule has 162 valence electrons. The van der Waals surface area contributed by atoms with Crippen LogP contribution in [0.15, 0.2) is 78.2 Å². The van der Waals surface area contributed by atoms with E-state index in [1.54, 1.807) is 24.5 Å². The lowest BCUT2D eigenvalue weighted by Gasteiger charge is -2.11. The number of carbonyl (C=O) groups excluding carboxylic acids is 1. The lowest BCUT2D eigenvalue weighted by atomic mass is 10.1. The zero-order chi connectivity index (χ0) is 22.3. The Kier molecular flexibility index (Phi) is 7.42. The molecule has 2 heterocycles. The second-order valence-corrected chi connectivity index (χ2v) is 8.61. The first-order valence-electron chi connectivity index (χ1n) is 9.86. The molecule has 4 aromatic rings. The topological polar surface area (TPSA) is 72.7 Å². The van der Waals surface area contributed by atoms with E-state index in [9.17, 15) is 4.79 Å². The Labute approximate surface area is 200 Å². The van der Waals surface area contributed by atoms with E-state index < -0.39 is 0 Å². The van der Waals surface area contributed by atoms with E-state index in [4.69, 9.17) is 23.2 Å². The summed E-state index contributed by atoms with van der Waals surface area (Å²) in [4.78, 5) is 16.6. The summed E-state index contributed by atoms with van der Waals surface area (Å²) in [6.07, 6.45) is 4.18. The van der Waals surface area contributed by atoms with Crippen molar-refractivity contribution in [2.75, 3.05) is 12.3 Å². The molecule has 0 aliphatic rings. The highest BCUT2D eigenvalue weighted by Gasteiger charge is 2.18. The number of rotatable bonds is 8. The number of nitrogens with one attached hydrogen (secondary N) is 1. The third-order valence-corrected chi connectivity index (χ3v) is 6.29. The van der Waals surface area contributed by atoms with Gasteiger partial charge in [-0.25, -0.2) is 0 Å². The summed E-state index contributed by atoms with van der Waals surface area (Å²) in [5.41, 5.74) is 2.72. The molecule has 0 bridgehead atoms. The van der Waals surface area contributed by atoms with Gasteiger partial charge in [-0.1, -0.05) is 65.3 Å². The molecule has 0 unspecified atom stereocenters. The second-order valence-electron chi connectivity index (χ2n) is 6.86. The Morgan fingerprint density at radius 2 is 1.84 bits per heavy atom. The molecule has 6 nitrogen and oxygen atoms in total. The maximum Gasteiger partial charge on any atom is 0.230 e. The first kappa shape index (κ1) is 22.3. The third-order valence-electron chi connectivity index (χ3n) is 4.63. The van der Waals surface area contributed by atoms with Crippen molar-refractivity contribution >= 4 is 40.9 Å². The quantitative estimate of drug-likeness (QED) is 0.353. The SMILES string of the molecule is O=C(CSc1nnc(-c2cccnc2)n1-c1ccc(Cl)c(Cl)c1)NCCc1ccccc1. The van der Waals surface area contributed by atoms with Gasteiger partial charge in [0.05, 0.1) is 21.5 Å². The van der Waals surface area contributed by atoms with Crippen molar-refractivity contribution in [3.63, 3.8) is 0 Å². The number of aromatic nitrogens is 4. The Hall–Kier alpha value is -2.87. The molecule has 9 heteroatoms. The number of benzene rings is 2. The predicted molar refractivity (Wildman–Crippen MR) is 128 cm³/mol. The monoisotopic (exact) mass is 483 g/mol. The molecular formula is C23H19Cl2N5OS. The molecule has 0 aliphatic heterocycles. The summed E-state index contributed by atoms with van der Waals surface area (Å²) in [5, 5.41) is 13.0. The zero-order valence-electron chi connectivity index (χ0n) is 16.9. The molecule has 2 aromatic carbocycles. The number of halogens is 2. The number of amides is 1. The van der Waals surface area contributed by atoms with Crippen LogP contribution in [0.2, 0.25) is 10.0 Å². The minimum absolute atomic E-state index is 0.0717. The Bertz CT molecular complexity index is 1200. The van der Waals surface area contributed by atoms with Crippen LogP contribution in [-0.4, -0.2) is 38.0 Å². The molecule has 2 aromatic heterocycles. The van der Waals surface area contributed by atoms with E-state index in [0.29, 0.717) is 27.6 Å². The molecule has 0 spiro atoms. The van der Waals surface area contributed by atoms with Gasteiger partial charge in [-0.3, -0.25) is 14.3 Å². The Balaban J connectivity index is 1.50. The fourth-order valence-electron chi connectivity index (χ4n) is 3.07. The van der Waals surface area contributed by atoms with Gasteiger partial charge in [0.15, 0.2) is 11.0 Å². The van der Waals surface area contributed by atoms with Gasteiger partial charge in [-0.05, 0) is 42.3 Å². The standard InChI is InChI=1S/C23H19Cl2N5OS/c24-19-9-8-18(13-20(19)25)30-22(17-7-4-11-26-14-17)28-29-23(30)32-15-21(31)27-12-10-16-5-2-1-3-6-16/h1-9,11,13-14H,10,12,15H2,(H,27,31). The van der Waals surface area contributed by atoms with Crippen LogP contribution in [0.1, 0.15) is 5.56 Å². The number of hydrogen-bond donors (Lipinski definition) is 1. The third kappa shape index (κ3) is 5.48. The number of pyridine rings is 1. The first-order chi connectivity index (χ1) is 15.6. The van der Waals surface area contributed by atoms with Gasteiger partial charge in [-0.15, -0.1) is 10.2 Å². The molecule has 0 radical (unpaired) electrons. The summed E-state index contributed by atoms with van der Waals surface area (Å²) >= 11 is 13.6. The highest BCUT2D eigenvalue weighted by atomic mass is 35.5. The van der Waals surface area contributed by atoms with Crippen LogP contribution in [0, 0.1) is 0 Å². The van der Waals surface area contributed by atoms with Gasteiger partial charge < -0.3 is 5.32 Å². The van der Waals surface area contributed by atoms with Crippen molar-refractivity contribution < 1.29 is 4.79 Å². The van der Waals surface area contributed by atoms with Gasteiger partial charge in [-0.2, -0.15) is 0 Å². The van der Waals surface area contributed by atoms with Crippen LogP contribution in [0.25, 0.3) is 17.1 Å². The van der Waals surface area contributed by atoms with Gasteiger partial charge in [0.1, 0.15) is 0 Å². The molecule has 0 aliphatic carbocycles. The van der Waals surface area contributed by atoms with Crippen LogP contribution in [0.4, 0.5) is 0 Å². The van der Waals surface area contributed by atoms with E-state index in [1.807, 2.05) is 53.1 Å². The summed E-state index contributed by atoms with van der Waals surface area (Å²) in [6, 6.07) is 19.1. The molecule has 0 fully saturated rings. The molecule has 32 heavy (non-hydrogen) atoms. The predicted octanol–water partition coefficient (Wildman–Crippen LogP) is 5.09. The molecule has 1 N–H and O–H groups in total. The molecule has 1 amide bonds. The average Bonchev–Trinajstić information content (AvgIpc) is 3.25. The summed E-state index contributed by atoms with van der Waals surface area (Å²) < 4.78 is 1.85. The highest BCUT2D eigenvalue weighted by Crippen LogP contribution is 2.31. The lowest BCUT2D eigenvalue weighted by molar-refractivity contribution is -0.118. The Morgan fingerprint density at radius 1 is 1.00 bits per heavy atom. The summed E-state index contributed by atoms with van der Waals surface area (Å²) in [5.74, 6) is 0.738. The van der Waals surface area contributed by atoms with Crippen molar-refractivity contribution in [3.05, 3.63) is 88.7 Å². The van der Waals surface area contributed by atoms with E-state index in [2.05, 4.69) is 20.5 Å². The Morgan fingerprint density at radius 3 is 2.59 bits per heavy atom. The maximum atomic E-state index is 12.4. The van der Waals surface area contributed by atoms with Gasteiger partial charge in [0.2, 0.25) is 5.91 Å². The number of carbonyl (C=O) groups is 1. The largest absolute Gasteiger partial charge is 0.355 e. The minimum Gasteiger partial charge on any atom is -0.355 e. The van der Waals surface area contributed by atoms with Gasteiger partial charge >= 0.3 is 0 Å². The molecule has 0 saturated heterocycles. The number of thioether (sulfide) groups is 1. The highest BCUT2D eigenvalue weighted by molar-refractivity contribution is 7.99. The number of hydrogen-bond acceptors (Lipinski definition) is 5. The van der Waals surface area contributed by atoms with Gasteiger partial charge in [0, 0.05) is 24.5 Å². The summed E-state index contributed by atoms with van der Waals surface area (Å²) in [7, 11) is 0. The normalized spacial score (nSPS) is 10.8. The molecule has 0 saturated carbocycles. The van der Waals surface area contributed by atoms with E-state index in [0.717, 1.165) is 17.7 Å². The number of nitrogens with zero attached hydrogens (tertiary/aromatic N) is 4. The fourth-order valence-corrected chi connectivity index (χ4v) is 4.15. The molecule has 4 rings (SSSR count). The van der Waals surface area contributed by atoms with Crippen molar-refractivity contribution in [2.24, 2.45) is 0 Å². The van der Waals surface area contributed by atoms with E-state index in [-0.39, 0.29) is 11.7 Å². The fraction of sp³-hybridized carbons (Fsp3) is 0.130. The van der Waals surface area contributed by atoms with Crippen molar-refractivity contribution in [1.82, 2.24) is 25.1 Å². The van der Waals surface area contributed by atoms with Gasteiger partial charge in [0.25, 0.3) is 0 Å². The maximum absolute atomic E-state index is 12.4. The second kappa shape index (κ2) is 10.6. The van der Waals surface area contributed by atoms with Crippen molar-refractivity contribution in [1.29, 1.82) is 0 Å². The van der Waals surface area contributed by atoms with Crippen LogP contribution in [-0.2, 0) is 11.2 Å². The van der Waals surface area contributed by atoms with Crippen LogP contribution in [0.5, 0.6) is 0 Å². The first-order valence-corrected chi connectivity index (χ1v) is 11.6. The van der Waals surface area contributed by atoms with E-state index in [1.165, 1.54) is 17.3 Å². The lowest BCUT2D eigenvalue weighted by Crippen LogP contribution is -2.27. The smallest absolute Gasteiger partial charge is 0.230 e. The minimum atomic E-state index is -0.0717. The zero-order valence-corrected chi connectivity index (χ0v) is 19.2. The molecule has 0 atom stereocenters. The van der Waals surface area contributed by atoms with Crippen molar-refractivity contribution in [3.8, 4) is 17.1 Å². The van der Waals surface area contributed by atoms with Crippen molar-refractivity contribution in [2.45, 2.75) is 11.6 Å². The van der Waals surface area contributed by atoms with Crippen LogP contribution in [0.3, 0.4) is 0 Å². The van der Waals surface area contributed by atoms with E-state index >= 15 is 0 Å².